The van der Waals surface area contributed by atoms with Crippen LogP contribution in [0.15, 0.2) is 12.1 Å². The van der Waals surface area contributed by atoms with Gasteiger partial charge in [-0.1, -0.05) is 30.1 Å². The standard InChI is InChI=1S/C12H15Cl2NO/c1-8-3-2-4-15(7-8)11-6-9(13)5-10(14)12(11)16/h5-6,8,16H,2-4,7H2,1H3. The number of aromatic hydroxyl groups is 1. The Morgan fingerprint density at radius 3 is 2.81 bits per heavy atom. The van der Waals surface area contributed by atoms with E-state index in [4.69, 9.17) is 23.2 Å². The smallest absolute Gasteiger partial charge is 0.157 e. The molecule has 1 aromatic carbocycles. The molecule has 2 nitrogen and oxygen atoms in total. The summed E-state index contributed by atoms with van der Waals surface area (Å²) in [6, 6.07) is 3.34. The Morgan fingerprint density at radius 2 is 2.12 bits per heavy atom. The number of piperidine rings is 1. The van der Waals surface area contributed by atoms with Crippen molar-refractivity contribution in [2.45, 2.75) is 19.8 Å². The number of phenolic OH excluding ortho intramolecular Hbond substituents is 1. The molecule has 4 heteroatoms. The van der Waals surface area contributed by atoms with E-state index in [1.807, 2.05) is 0 Å². The van der Waals surface area contributed by atoms with Gasteiger partial charge in [0.2, 0.25) is 0 Å². The Hall–Kier alpha value is -0.600. The number of hydrogen-bond donors (Lipinski definition) is 1. The van der Waals surface area contributed by atoms with E-state index in [0.717, 1.165) is 25.2 Å². The maximum Gasteiger partial charge on any atom is 0.157 e. The van der Waals surface area contributed by atoms with Gasteiger partial charge in [-0.05, 0) is 30.9 Å². The van der Waals surface area contributed by atoms with Gasteiger partial charge in [0.1, 0.15) is 0 Å². The van der Waals surface area contributed by atoms with Crippen molar-refractivity contribution < 1.29 is 5.11 Å². The van der Waals surface area contributed by atoms with E-state index in [-0.39, 0.29) is 5.75 Å². The van der Waals surface area contributed by atoms with Crippen molar-refractivity contribution >= 4 is 28.9 Å². The molecule has 88 valence electrons. The highest BCUT2D eigenvalue weighted by Gasteiger charge is 2.20. The summed E-state index contributed by atoms with van der Waals surface area (Å²) in [5.41, 5.74) is 0.754. The predicted octanol–water partition coefficient (Wildman–Crippen LogP) is 3.94. The number of halogens is 2. The van der Waals surface area contributed by atoms with Crippen LogP contribution in [0.2, 0.25) is 10.0 Å². The first-order valence-corrected chi connectivity index (χ1v) is 6.26. The molecule has 1 heterocycles. The molecule has 0 spiro atoms. The van der Waals surface area contributed by atoms with E-state index in [1.54, 1.807) is 12.1 Å². The van der Waals surface area contributed by atoms with Crippen molar-refractivity contribution in [1.82, 2.24) is 0 Å². The molecular weight excluding hydrogens is 245 g/mol. The Kier molecular flexibility index (Phi) is 3.50. The Bertz CT molecular complexity index is 395. The van der Waals surface area contributed by atoms with Gasteiger partial charge >= 0.3 is 0 Å². The molecule has 0 aliphatic carbocycles. The lowest BCUT2D eigenvalue weighted by Crippen LogP contribution is -2.34. The number of anilines is 1. The summed E-state index contributed by atoms with van der Waals surface area (Å²) in [6.07, 6.45) is 2.39. The molecule has 0 bridgehead atoms. The fourth-order valence-corrected chi connectivity index (χ4v) is 2.68. The third-order valence-corrected chi connectivity index (χ3v) is 3.51. The summed E-state index contributed by atoms with van der Waals surface area (Å²) in [5, 5.41) is 10.8. The maximum absolute atomic E-state index is 9.93. The molecule has 0 amide bonds. The quantitative estimate of drug-likeness (QED) is 0.826. The van der Waals surface area contributed by atoms with Gasteiger partial charge in [-0.3, -0.25) is 0 Å². The highest BCUT2D eigenvalue weighted by Crippen LogP contribution is 2.38. The minimum atomic E-state index is 0.139. The molecule has 2 rings (SSSR count). The maximum atomic E-state index is 9.93. The van der Waals surface area contributed by atoms with E-state index in [1.165, 1.54) is 6.42 Å². The molecule has 1 atom stereocenters. The molecule has 0 radical (unpaired) electrons. The van der Waals surface area contributed by atoms with Crippen molar-refractivity contribution in [3.8, 4) is 5.75 Å². The monoisotopic (exact) mass is 259 g/mol. The lowest BCUT2D eigenvalue weighted by Gasteiger charge is -2.33. The number of benzene rings is 1. The van der Waals surface area contributed by atoms with E-state index in [0.29, 0.717) is 16.0 Å². The van der Waals surface area contributed by atoms with Crippen molar-refractivity contribution in [3.05, 3.63) is 22.2 Å². The van der Waals surface area contributed by atoms with Crippen molar-refractivity contribution in [1.29, 1.82) is 0 Å². The molecule has 1 fully saturated rings. The summed E-state index contributed by atoms with van der Waals surface area (Å²) in [7, 11) is 0. The van der Waals surface area contributed by atoms with Gasteiger partial charge in [0.15, 0.2) is 5.75 Å². The van der Waals surface area contributed by atoms with Crippen LogP contribution in [0.5, 0.6) is 5.75 Å². The first-order valence-electron chi connectivity index (χ1n) is 5.51. The Labute approximate surface area is 106 Å². The minimum absolute atomic E-state index is 0.139. The lowest BCUT2D eigenvalue weighted by molar-refractivity contribution is 0.434. The Morgan fingerprint density at radius 1 is 1.38 bits per heavy atom. The average Bonchev–Trinajstić information content (AvgIpc) is 2.23. The summed E-state index contributed by atoms with van der Waals surface area (Å²) in [6.45, 7) is 4.12. The third-order valence-electron chi connectivity index (χ3n) is 3.01. The van der Waals surface area contributed by atoms with Crippen LogP contribution in [-0.4, -0.2) is 18.2 Å². The highest BCUT2D eigenvalue weighted by atomic mass is 35.5. The lowest BCUT2D eigenvalue weighted by atomic mass is 9.99. The molecular formula is C12H15Cl2NO. The third kappa shape index (κ3) is 2.38. The molecule has 16 heavy (non-hydrogen) atoms. The second kappa shape index (κ2) is 4.72. The molecule has 0 saturated carbocycles. The van der Waals surface area contributed by atoms with Gasteiger partial charge in [-0.2, -0.15) is 0 Å². The largest absolute Gasteiger partial charge is 0.504 e. The molecule has 0 aromatic heterocycles. The van der Waals surface area contributed by atoms with Crippen LogP contribution in [0.4, 0.5) is 5.69 Å². The van der Waals surface area contributed by atoms with Crippen LogP contribution in [0.3, 0.4) is 0 Å². The number of phenols is 1. The summed E-state index contributed by atoms with van der Waals surface area (Å²) in [5.74, 6) is 0.783. The zero-order valence-electron chi connectivity index (χ0n) is 9.21. The average molecular weight is 260 g/mol. The first-order chi connectivity index (χ1) is 7.58. The second-order valence-electron chi connectivity index (χ2n) is 4.45. The van der Waals surface area contributed by atoms with Crippen molar-refractivity contribution in [2.75, 3.05) is 18.0 Å². The van der Waals surface area contributed by atoms with Gasteiger partial charge in [0, 0.05) is 18.1 Å². The topological polar surface area (TPSA) is 23.5 Å². The predicted molar refractivity (Wildman–Crippen MR) is 68.7 cm³/mol. The molecule has 1 unspecified atom stereocenters. The van der Waals surface area contributed by atoms with Crippen LogP contribution >= 0.6 is 23.2 Å². The van der Waals surface area contributed by atoms with Gasteiger partial charge in [-0.25, -0.2) is 0 Å². The zero-order chi connectivity index (χ0) is 11.7. The summed E-state index contributed by atoms with van der Waals surface area (Å²) >= 11 is 11.9. The fraction of sp³-hybridized carbons (Fsp3) is 0.500. The molecule has 1 aliphatic rings. The fourth-order valence-electron chi connectivity index (χ4n) is 2.20. The Balaban J connectivity index is 2.32. The number of hydrogen-bond acceptors (Lipinski definition) is 2. The first kappa shape index (κ1) is 11.9. The van der Waals surface area contributed by atoms with E-state index in [2.05, 4.69) is 11.8 Å². The van der Waals surface area contributed by atoms with Gasteiger partial charge < -0.3 is 10.0 Å². The summed E-state index contributed by atoms with van der Waals surface area (Å²) < 4.78 is 0. The van der Waals surface area contributed by atoms with Crippen LogP contribution in [-0.2, 0) is 0 Å². The molecule has 1 aromatic rings. The number of rotatable bonds is 1. The van der Waals surface area contributed by atoms with E-state index in [9.17, 15) is 5.11 Å². The number of nitrogens with zero attached hydrogens (tertiary/aromatic N) is 1. The second-order valence-corrected chi connectivity index (χ2v) is 5.29. The normalized spacial score (nSPS) is 21.2. The van der Waals surface area contributed by atoms with Gasteiger partial charge in [0.25, 0.3) is 0 Å². The highest BCUT2D eigenvalue weighted by molar-refractivity contribution is 6.36. The molecule has 1 saturated heterocycles. The van der Waals surface area contributed by atoms with Crippen LogP contribution < -0.4 is 4.90 Å². The molecule has 1 N–H and O–H groups in total. The summed E-state index contributed by atoms with van der Waals surface area (Å²) in [4.78, 5) is 2.15. The SMILES string of the molecule is CC1CCCN(c2cc(Cl)cc(Cl)c2O)C1. The van der Waals surface area contributed by atoms with Gasteiger partial charge in [0.05, 0.1) is 10.7 Å². The van der Waals surface area contributed by atoms with E-state index < -0.39 is 0 Å². The minimum Gasteiger partial charge on any atom is -0.504 e. The van der Waals surface area contributed by atoms with E-state index >= 15 is 0 Å². The zero-order valence-corrected chi connectivity index (χ0v) is 10.7. The van der Waals surface area contributed by atoms with Gasteiger partial charge in [-0.15, -0.1) is 0 Å². The van der Waals surface area contributed by atoms with Crippen LogP contribution in [0.25, 0.3) is 0 Å². The van der Waals surface area contributed by atoms with Crippen LogP contribution in [0, 0.1) is 5.92 Å². The van der Waals surface area contributed by atoms with Crippen molar-refractivity contribution in [3.63, 3.8) is 0 Å². The van der Waals surface area contributed by atoms with Crippen molar-refractivity contribution in [2.24, 2.45) is 5.92 Å². The van der Waals surface area contributed by atoms with Crippen LogP contribution in [0.1, 0.15) is 19.8 Å². The molecule has 1 aliphatic heterocycles.